The molecule has 0 aromatic heterocycles. The predicted octanol–water partition coefficient (Wildman–Crippen LogP) is 2.16. The fourth-order valence-electron chi connectivity index (χ4n) is 1.79. The number of aliphatic hydroxyl groups is 1. The van der Waals surface area contributed by atoms with E-state index in [1.807, 2.05) is 23.9 Å². The topological polar surface area (TPSA) is 32.3 Å². The maximum Gasteiger partial charge on any atom is 0.0681 e. The van der Waals surface area contributed by atoms with Crippen molar-refractivity contribution in [3.63, 3.8) is 0 Å². The molecular formula is C13H19NOS. The Morgan fingerprint density at radius 2 is 1.88 bits per heavy atom. The van der Waals surface area contributed by atoms with E-state index in [9.17, 15) is 0 Å². The monoisotopic (exact) mass is 237 g/mol. The van der Waals surface area contributed by atoms with Gasteiger partial charge in [-0.05, 0) is 30.2 Å². The van der Waals surface area contributed by atoms with E-state index in [2.05, 4.69) is 23.7 Å². The Labute approximate surface area is 101 Å². The van der Waals surface area contributed by atoms with Gasteiger partial charge in [0.25, 0.3) is 0 Å². The van der Waals surface area contributed by atoms with Gasteiger partial charge < -0.3 is 10.4 Å². The van der Waals surface area contributed by atoms with Gasteiger partial charge in [-0.25, -0.2) is 0 Å². The number of benzene rings is 1. The van der Waals surface area contributed by atoms with Crippen LogP contribution in [0, 0.1) is 0 Å². The quantitative estimate of drug-likeness (QED) is 0.795. The van der Waals surface area contributed by atoms with E-state index in [4.69, 9.17) is 5.11 Å². The van der Waals surface area contributed by atoms with Crippen molar-refractivity contribution in [2.24, 2.45) is 0 Å². The zero-order valence-electron chi connectivity index (χ0n) is 9.70. The Hall–Kier alpha value is -0.510. The second-order valence-corrected chi connectivity index (χ2v) is 5.74. The largest absolute Gasteiger partial charge is 0.392 e. The summed E-state index contributed by atoms with van der Waals surface area (Å²) in [7, 11) is 0. The highest BCUT2D eigenvalue weighted by Crippen LogP contribution is 2.46. The highest BCUT2D eigenvalue weighted by molar-refractivity contribution is 8.00. The smallest absolute Gasteiger partial charge is 0.0681 e. The Morgan fingerprint density at radius 1 is 1.25 bits per heavy atom. The van der Waals surface area contributed by atoms with Crippen molar-refractivity contribution in [3.05, 3.63) is 35.4 Å². The van der Waals surface area contributed by atoms with E-state index >= 15 is 0 Å². The normalized spacial score (nSPS) is 17.4. The van der Waals surface area contributed by atoms with Gasteiger partial charge in [0.2, 0.25) is 0 Å². The third-order valence-electron chi connectivity index (χ3n) is 3.22. The van der Waals surface area contributed by atoms with Crippen molar-refractivity contribution in [2.45, 2.75) is 30.7 Å². The van der Waals surface area contributed by atoms with Crippen LogP contribution in [-0.4, -0.2) is 22.7 Å². The summed E-state index contributed by atoms with van der Waals surface area (Å²) in [6, 6.07) is 8.13. The third kappa shape index (κ3) is 3.00. The average molecular weight is 237 g/mol. The van der Waals surface area contributed by atoms with Crippen molar-refractivity contribution in [3.8, 4) is 0 Å². The van der Waals surface area contributed by atoms with Crippen molar-refractivity contribution in [2.75, 3.05) is 12.8 Å². The fraction of sp³-hybridized carbons (Fsp3) is 0.538. The summed E-state index contributed by atoms with van der Waals surface area (Å²) in [6.07, 6.45) is 4.90. The molecule has 1 aliphatic carbocycles. The van der Waals surface area contributed by atoms with Gasteiger partial charge in [0.1, 0.15) is 0 Å². The van der Waals surface area contributed by atoms with Crippen LogP contribution >= 0.6 is 11.8 Å². The molecule has 88 valence electrons. The Bertz CT molecular complexity index is 332. The average Bonchev–Trinajstić information content (AvgIpc) is 3.11. The van der Waals surface area contributed by atoms with E-state index in [0.29, 0.717) is 4.75 Å². The van der Waals surface area contributed by atoms with Gasteiger partial charge in [-0.2, -0.15) is 11.8 Å². The summed E-state index contributed by atoms with van der Waals surface area (Å²) >= 11 is 1.98. The minimum atomic E-state index is 0.128. The lowest BCUT2D eigenvalue weighted by atomic mass is 10.1. The van der Waals surface area contributed by atoms with Crippen molar-refractivity contribution in [1.82, 2.24) is 5.32 Å². The lowest BCUT2D eigenvalue weighted by Crippen LogP contribution is -2.25. The lowest BCUT2D eigenvalue weighted by Gasteiger charge is -2.13. The molecule has 0 amide bonds. The zero-order valence-corrected chi connectivity index (χ0v) is 10.5. The molecule has 1 fully saturated rings. The maximum absolute atomic E-state index is 8.93. The molecule has 0 saturated heterocycles. The number of rotatable bonds is 6. The number of nitrogens with one attached hydrogen (secondary N) is 1. The van der Waals surface area contributed by atoms with Gasteiger partial charge in [-0.1, -0.05) is 24.3 Å². The first-order valence-corrected chi connectivity index (χ1v) is 6.95. The standard InChI is InChI=1S/C13H19NOS/c1-16-13(6-7-13)10-14-8-11-2-4-12(9-15)5-3-11/h2-5,14-15H,6-10H2,1H3. The Kier molecular flexibility index (Phi) is 3.90. The first-order chi connectivity index (χ1) is 7.78. The summed E-state index contributed by atoms with van der Waals surface area (Å²) in [4.78, 5) is 0. The third-order valence-corrected chi connectivity index (χ3v) is 4.64. The predicted molar refractivity (Wildman–Crippen MR) is 69.6 cm³/mol. The van der Waals surface area contributed by atoms with Crippen molar-refractivity contribution in [1.29, 1.82) is 0 Å². The molecule has 2 rings (SSSR count). The van der Waals surface area contributed by atoms with Gasteiger partial charge in [-0.15, -0.1) is 0 Å². The molecule has 0 heterocycles. The molecule has 1 aromatic rings. The van der Waals surface area contributed by atoms with Gasteiger partial charge in [0, 0.05) is 17.8 Å². The van der Waals surface area contributed by atoms with Crippen LogP contribution in [0.1, 0.15) is 24.0 Å². The second-order valence-electron chi connectivity index (χ2n) is 4.47. The summed E-state index contributed by atoms with van der Waals surface area (Å²) in [5, 5.41) is 12.4. The van der Waals surface area contributed by atoms with E-state index in [1.54, 1.807) is 0 Å². The molecule has 1 aromatic carbocycles. The SMILES string of the molecule is CSC1(CNCc2ccc(CO)cc2)CC1. The van der Waals surface area contributed by atoms with Gasteiger partial charge >= 0.3 is 0 Å². The van der Waals surface area contributed by atoms with E-state index in [0.717, 1.165) is 18.7 Å². The van der Waals surface area contributed by atoms with Crippen LogP contribution in [-0.2, 0) is 13.2 Å². The Morgan fingerprint density at radius 3 is 2.38 bits per heavy atom. The number of hydrogen-bond acceptors (Lipinski definition) is 3. The molecule has 0 aliphatic heterocycles. The van der Waals surface area contributed by atoms with Crippen molar-refractivity contribution < 1.29 is 5.11 Å². The molecule has 0 unspecified atom stereocenters. The molecule has 2 N–H and O–H groups in total. The van der Waals surface area contributed by atoms with Crippen LogP contribution in [0.5, 0.6) is 0 Å². The van der Waals surface area contributed by atoms with Gasteiger partial charge in [-0.3, -0.25) is 0 Å². The van der Waals surface area contributed by atoms with Gasteiger partial charge in [0.05, 0.1) is 6.61 Å². The molecule has 0 radical (unpaired) electrons. The molecular weight excluding hydrogens is 218 g/mol. The first-order valence-electron chi connectivity index (χ1n) is 5.72. The van der Waals surface area contributed by atoms with Crippen LogP contribution < -0.4 is 5.32 Å². The molecule has 16 heavy (non-hydrogen) atoms. The van der Waals surface area contributed by atoms with Crippen LogP contribution in [0.2, 0.25) is 0 Å². The number of thioether (sulfide) groups is 1. The number of hydrogen-bond donors (Lipinski definition) is 2. The van der Waals surface area contributed by atoms with E-state index in [1.165, 1.54) is 18.4 Å². The maximum atomic E-state index is 8.93. The molecule has 0 atom stereocenters. The first kappa shape index (κ1) is 12.0. The zero-order chi connectivity index (χ0) is 11.4. The van der Waals surface area contributed by atoms with Crippen molar-refractivity contribution >= 4 is 11.8 Å². The summed E-state index contributed by atoms with van der Waals surface area (Å²) in [6.45, 7) is 2.16. The van der Waals surface area contributed by atoms with E-state index in [-0.39, 0.29) is 6.61 Å². The minimum Gasteiger partial charge on any atom is -0.392 e. The molecule has 1 saturated carbocycles. The lowest BCUT2D eigenvalue weighted by molar-refractivity contribution is 0.282. The van der Waals surface area contributed by atoms with Gasteiger partial charge in [0.15, 0.2) is 0 Å². The fourth-order valence-corrected chi connectivity index (χ4v) is 2.55. The van der Waals surface area contributed by atoms with Crippen LogP contribution in [0.25, 0.3) is 0 Å². The van der Waals surface area contributed by atoms with Crippen LogP contribution in [0.4, 0.5) is 0 Å². The highest BCUT2D eigenvalue weighted by atomic mass is 32.2. The van der Waals surface area contributed by atoms with Crippen LogP contribution in [0.15, 0.2) is 24.3 Å². The summed E-state index contributed by atoms with van der Waals surface area (Å²) in [5.41, 5.74) is 2.26. The molecule has 0 bridgehead atoms. The van der Waals surface area contributed by atoms with Crippen LogP contribution in [0.3, 0.4) is 0 Å². The Balaban J connectivity index is 1.76. The molecule has 2 nitrogen and oxygen atoms in total. The summed E-state index contributed by atoms with van der Waals surface area (Å²) in [5.74, 6) is 0. The van der Waals surface area contributed by atoms with E-state index < -0.39 is 0 Å². The molecule has 0 spiro atoms. The molecule has 3 heteroatoms. The second kappa shape index (κ2) is 5.21. The summed E-state index contributed by atoms with van der Waals surface area (Å²) < 4.78 is 0.533. The highest BCUT2D eigenvalue weighted by Gasteiger charge is 2.41. The number of aliphatic hydroxyl groups excluding tert-OH is 1. The molecule has 1 aliphatic rings. The minimum absolute atomic E-state index is 0.128.